The molecule has 0 aliphatic carbocycles. The molecule has 1 atom stereocenters. The lowest BCUT2D eigenvalue weighted by Crippen LogP contribution is -2.54. The lowest BCUT2D eigenvalue weighted by molar-refractivity contribution is -0.384. The molecular formula is C34H36N4O7S. The van der Waals surface area contributed by atoms with Crippen LogP contribution in [0.25, 0.3) is 0 Å². The number of nitro benzene ring substituents is 1. The van der Waals surface area contributed by atoms with E-state index < -0.39 is 39.3 Å². The Hall–Kier alpha value is -5.23. The zero-order chi connectivity index (χ0) is 33.3. The Morgan fingerprint density at radius 2 is 1.50 bits per heavy atom. The zero-order valence-corrected chi connectivity index (χ0v) is 26.6. The number of nitro groups is 1. The number of benzene rings is 4. The summed E-state index contributed by atoms with van der Waals surface area (Å²) >= 11 is 0. The van der Waals surface area contributed by atoms with Gasteiger partial charge in [0.15, 0.2) is 0 Å². The largest absolute Gasteiger partial charge is 0.497 e. The van der Waals surface area contributed by atoms with Gasteiger partial charge in [0.1, 0.15) is 18.3 Å². The standard InChI is InChI=1S/C34H36N4O7S/c1-25(2)35-34(40)32(21-26-12-6-4-7-13-26)36(23-27-14-10-17-30(20-27)45-3)33(39)24-37(28-15-11-16-29(22-28)38(41)42)46(43,44)31-18-8-5-9-19-31/h4-20,22,25,32H,21,23-24H2,1-3H3,(H,35,40)/t32-/m0/s1. The van der Waals surface area contributed by atoms with Crippen LogP contribution in [-0.2, 0) is 32.6 Å². The van der Waals surface area contributed by atoms with Crippen molar-refractivity contribution in [1.82, 2.24) is 10.2 Å². The molecule has 11 nitrogen and oxygen atoms in total. The number of carbonyl (C=O) groups is 2. The van der Waals surface area contributed by atoms with Gasteiger partial charge in [-0.3, -0.25) is 24.0 Å². The van der Waals surface area contributed by atoms with E-state index in [9.17, 15) is 28.1 Å². The van der Waals surface area contributed by atoms with Crippen molar-refractivity contribution in [2.45, 2.75) is 43.8 Å². The number of rotatable bonds is 14. The van der Waals surface area contributed by atoms with Crippen molar-refractivity contribution in [3.05, 3.63) is 130 Å². The van der Waals surface area contributed by atoms with E-state index in [2.05, 4.69) is 5.32 Å². The van der Waals surface area contributed by atoms with Crippen LogP contribution in [0.5, 0.6) is 5.75 Å². The number of hydrogen-bond donors (Lipinski definition) is 1. The number of non-ortho nitro benzene ring substituents is 1. The van der Waals surface area contributed by atoms with E-state index in [1.165, 1.54) is 42.3 Å². The quantitative estimate of drug-likeness (QED) is 0.151. The summed E-state index contributed by atoms with van der Waals surface area (Å²) in [6.07, 6.45) is 0.150. The van der Waals surface area contributed by atoms with Crippen molar-refractivity contribution in [2.75, 3.05) is 18.0 Å². The van der Waals surface area contributed by atoms with Gasteiger partial charge in [-0.25, -0.2) is 8.42 Å². The van der Waals surface area contributed by atoms with Crippen LogP contribution >= 0.6 is 0 Å². The monoisotopic (exact) mass is 644 g/mol. The van der Waals surface area contributed by atoms with E-state index in [1.54, 1.807) is 42.5 Å². The van der Waals surface area contributed by atoms with Crippen molar-refractivity contribution < 1.29 is 27.7 Å². The number of carbonyl (C=O) groups excluding carboxylic acids is 2. The Balaban J connectivity index is 1.84. The molecule has 4 aromatic carbocycles. The number of amides is 2. The predicted molar refractivity (Wildman–Crippen MR) is 175 cm³/mol. The van der Waals surface area contributed by atoms with Crippen LogP contribution in [-0.4, -0.2) is 55.8 Å². The molecule has 0 fully saturated rings. The number of nitrogens with zero attached hydrogens (tertiary/aromatic N) is 3. The van der Waals surface area contributed by atoms with Crippen LogP contribution < -0.4 is 14.4 Å². The maximum atomic E-state index is 14.5. The highest BCUT2D eigenvalue weighted by atomic mass is 32.2. The molecule has 1 N–H and O–H groups in total. The number of sulfonamides is 1. The number of anilines is 1. The second-order valence-corrected chi connectivity index (χ2v) is 12.7. The fourth-order valence-corrected chi connectivity index (χ4v) is 6.34. The summed E-state index contributed by atoms with van der Waals surface area (Å²) in [6, 6.07) is 27.5. The molecular weight excluding hydrogens is 608 g/mol. The molecule has 0 aliphatic heterocycles. The highest BCUT2D eigenvalue weighted by Crippen LogP contribution is 2.28. The maximum absolute atomic E-state index is 14.5. The lowest BCUT2D eigenvalue weighted by Gasteiger charge is -2.34. The van der Waals surface area contributed by atoms with E-state index >= 15 is 0 Å². The van der Waals surface area contributed by atoms with Gasteiger partial charge in [0.05, 0.1) is 22.6 Å². The third-order valence-corrected chi connectivity index (χ3v) is 8.92. The highest BCUT2D eigenvalue weighted by Gasteiger charge is 2.35. The van der Waals surface area contributed by atoms with Gasteiger partial charge in [0, 0.05) is 31.1 Å². The van der Waals surface area contributed by atoms with Crippen molar-refractivity contribution in [3.63, 3.8) is 0 Å². The summed E-state index contributed by atoms with van der Waals surface area (Å²) in [5, 5.41) is 14.5. The fourth-order valence-electron chi connectivity index (χ4n) is 4.91. The van der Waals surface area contributed by atoms with Crippen molar-refractivity contribution >= 4 is 33.2 Å². The smallest absolute Gasteiger partial charge is 0.271 e. The molecule has 240 valence electrons. The van der Waals surface area contributed by atoms with Gasteiger partial charge in [-0.15, -0.1) is 0 Å². The SMILES string of the molecule is COc1cccc(CN(C(=O)CN(c2cccc([N+](=O)[O-])c2)S(=O)(=O)c2ccccc2)[C@@H](Cc2ccccc2)C(=O)NC(C)C)c1. The first kappa shape index (κ1) is 33.7. The van der Waals surface area contributed by atoms with Crippen LogP contribution in [0, 0.1) is 10.1 Å². The molecule has 0 aliphatic rings. The molecule has 0 heterocycles. The van der Waals surface area contributed by atoms with E-state index in [0.717, 1.165) is 15.9 Å². The number of nitrogens with one attached hydrogen (secondary N) is 1. The molecule has 46 heavy (non-hydrogen) atoms. The van der Waals surface area contributed by atoms with Gasteiger partial charge in [-0.1, -0.05) is 66.7 Å². The minimum atomic E-state index is -4.39. The summed E-state index contributed by atoms with van der Waals surface area (Å²) in [5.41, 5.74) is 1.03. The molecule has 0 unspecified atom stereocenters. The maximum Gasteiger partial charge on any atom is 0.271 e. The van der Waals surface area contributed by atoms with Gasteiger partial charge in [0.2, 0.25) is 11.8 Å². The molecule has 12 heteroatoms. The molecule has 4 aromatic rings. The molecule has 4 rings (SSSR count). The van der Waals surface area contributed by atoms with Gasteiger partial charge in [0.25, 0.3) is 15.7 Å². The third-order valence-electron chi connectivity index (χ3n) is 7.13. The highest BCUT2D eigenvalue weighted by molar-refractivity contribution is 7.92. The van der Waals surface area contributed by atoms with Gasteiger partial charge in [-0.2, -0.15) is 0 Å². The molecule has 0 saturated carbocycles. The molecule has 0 saturated heterocycles. The van der Waals surface area contributed by atoms with Crippen molar-refractivity contribution in [3.8, 4) is 5.75 Å². The van der Waals surface area contributed by atoms with Crippen LogP contribution in [0.3, 0.4) is 0 Å². The molecule has 0 spiro atoms. The Kier molecular flexibility index (Phi) is 11.1. The van der Waals surface area contributed by atoms with Crippen LogP contribution in [0.4, 0.5) is 11.4 Å². The number of hydrogen-bond acceptors (Lipinski definition) is 7. The Morgan fingerprint density at radius 1 is 0.870 bits per heavy atom. The molecule has 0 aromatic heterocycles. The number of methoxy groups -OCH3 is 1. The van der Waals surface area contributed by atoms with E-state index in [4.69, 9.17) is 4.74 Å². The Labute approximate surface area is 268 Å². The van der Waals surface area contributed by atoms with E-state index in [-0.39, 0.29) is 35.3 Å². The minimum Gasteiger partial charge on any atom is -0.497 e. The van der Waals surface area contributed by atoms with Gasteiger partial charge >= 0.3 is 0 Å². The summed E-state index contributed by atoms with van der Waals surface area (Å²) in [7, 11) is -2.87. The zero-order valence-electron chi connectivity index (χ0n) is 25.8. The van der Waals surface area contributed by atoms with E-state index in [0.29, 0.717) is 11.3 Å². The molecule has 0 bridgehead atoms. The van der Waals surface area contributed by atoms with Gasteiger partial charge in [-0.05, 0) is 55.3 Å². The Morgan fingerprint density at radius 3 is 2.13 bits per heavy atom. The summed E-state index contributed by atoms with van der Waals surface area (Å²) in [5.74, 6) is -0.558. The van der Waals surface area contributed by atoms with Gasteiger partial charge < -0.3 is 15.0 Å². The van der Waals surface area contributed by atoms with Crippen LogP contribution in [0.2, 0.25) is 0 Å². The summed E-state index contributed by atoms with van der Waals surface area (Å²) < 4.78 is 34.3. The second kappa shape index (κ2) is 15.2. The first-order valence-corrected chi connectivity index (χ1v) is 16.0. The van der Waals surface area contributed by atoms with Crippen LogP contribution in [0.15, 0.2) is 114 Å². The molecule has 0 radical (unpaired) electrons. The summed E-state index contributed by atoms with van der Waals surface area (Å²) in [4.78, 5) is 40.5. The van der Waals surface area contributed by atoms with Crippen molar-refractivity contribution in [2.24, 2.45) is 0 Å². The average Bonchev–Trinajstić information content (AvgIpc) is 3.05. The van der Waals surface area contributed by atoms with Crippen LogP contribution in [0.1, 0.15) is 25.0 Å². The fraction of sp³-hybridized carbons (Fsp3) is 0.235. The van der Waals surface area contributed by atoms with E-state index in [1.807, 2.05) is 44.2 Å². The molecule has 2 amide bonds. The first-order chi connectivity index (χ1) is 22.0. The number of ether oxygens (including phenoxy) is 1. The Bertz CT molecular complexity index is 1770. The first-order valence-electron chi connectivity index (χ1n) is 14.6. The lowest BCUT2D eigenvalue weighted by atomic mass is 10.0. The topological polar surface area (TPSA) is 139 Å². The predicted octanol–water partition coefficient (Wildman–Crippen LogP) is 4.96. The van der Waals surface area contributed by atoms with Crippen molar-refractivity contribution in [1.29, 1.82) is 0 Å². The third kappa shape index (κ3) is 8.48. The average molecular weight is 645 g/mol. The normalized spacial score (nSPS) is 11.8. The summed E-state index contributed by atoms with van der Waals surface area (Å²) in [6.45, 7) is 2.83. The second-order valence-electron chi connectivity index (χ2n) is 10.8. The minimum absolute atomic E-state index is 0.0484.